The van der Waals surface area contributed by atoms with Gasteiger partial charge in [0.05, 0.1) is 6.61 Å². The fourth-order valence-corrected chi connectivity index (χ4v) is 1.70. The van der Waals surface area contributed by atoms with E-state index in [0.717, 1.165) is 12.2 Å². The van der Waals surface area contributed by atoms with Crippen molar-refractivity contribution in [2.75, 3.05) is 31.7 Å². The third kappa shape index (κ3) is 3.91. The number of anilines is 1. The van der Waals surface area contributed by atoms with Gasteiger partial charge in [0.2, 0.25) is 0 Å². The Kier molecular flexibility index (Phi) is 5.25. The largest absolute Gasteiger partial charge is 0.384 e. The number of halogens is 1. The molecule has 0 aromatic heterocycles. The van der Waals surface area contributed by atoms with Crippen LogP contribution in [0, 0.1) is 5.41 Å². The second kappa shape index (κ2) is 6.47. The molecular formula is C12H18ClN3O. The van der Waals surface area contributed by atoms with E-state index in [0.29, 0.717) is 23.8 Å². The summed E-state index contributed by atoms with van der Waals surface area (Å²) in [5.74, 6) is 0.0192. The Labute approximate surface area is 107 Å². The predicted molar refractivity (Wildman–Crippen MR) is 72.2 cm³/mol. The van der Waals surface area contributed by atoms with Gasteiger partial charge < -0.3 is 15.4 Å². The molecule has 3 N–H and O–H groups in total. The number of likely N-dealkylation sites (N-methyl/N-ethyl adjacent to an activating group) is 1. The van der Waals surface area contributed by atoms with Gasteiger partial charge in [0.1, 0.15) is 5.84 Å². The van der Waals surface area contributed by atoms with E-state index in [1.807, 2.05) is 24.9 Å². The zero-order chi connectivity index (χ0) is 12.8. The molecule has 0 aliphatic rings. The summed E-state index contributed by atoms with van der Waals surface area (Å²) in [7, 11) is 1.94. The Bertz CT molecular complexity index is 395. The summed E-state index contributed by atoms with van der Waals surface area (Å²) in [5, 5.41) is 8.12. The number of rotatable bonds is 6. The third-order valence-electron chi connectivity index (χ3n) is 2.44. The summed E-state index contributed by atoms with van der Waals surface area (Å²) in [6.07, 6.45) is 0. The molecule has 0 amide bonds. The van der Waals surface area contributed by atoms with E-state index in [2.05, 4.69) is 0 Å². The summed E-state index contributed by atoms with van der Waals surface area (Å²) in [5.41, 5.74) is 7.08. The van der Waals surface area contributed by atoms with Gasteiger partial charge in [-0.25, -0.2) is 0 Å². The van der Waals surface area contributed by atoms with E-state index in [-0.39, 0.29) is 5.84 Å². The first kappa shape index (κ1) is 13.8. The summed E-state index contributed by atoms with van der Waals surface area (Å²) >= 11 is 5.90. The molecule has 1 rings (SSSR count). The van der Waals surface area contributed by atoms with Gasteiger partial charge in [0.25, 0.3) is 0 Å². The Morgan fingerprint density at radius 3 is 2.82 bits per heavy atom. The maximum absolute atomic E-state index is 7.54. The first-order valence-electron chi connectivity index (χ1n) is 5.49. The number of ether oxygens (including phenoxy) is 1. The molecule has 0 heterocycles. The van der Waals surface area contributed by atoms with Crippen LogP contribution in [0.1, 0.15) is 12.5 Å². The number of nitrogens with zero attached hydrogens (tertiary/aromatic N) is 1. The first-order valence-corrected chi connectivity index (χ1v) is 5.87. The van der Waals surface area contributed by atoms with Crippen LogP contribution < -0.4 is 10.6 Å². The molecule has 0 aliphatic heterocycles. The number of hydrogen-bond donors (Lipinski definition) is 2. The summed E-state index contributed by atoms with van der Waals surface area (Å²) in [6.45, 7) is 4.06. The van der Waals surface area contributed by atoms with Gasteiger partial charge in [-0.1, -0.05) is 11.6 Å². The second-order valence-electron chi connectivity index (χ2n) is 3.69. The Morgan fingerprint density at radius 2 is 2.24 bits per heavy atom. The van der Waals surface area contributed by atoms with Crippen LogP contribution in [0.25, 0.3) is 0 Å². The van der Waals surface area contributed by atoms with Crippen LogP contribution in [0.15, 0.2) is 18.2 Å². The molecule has 0 saturated heterocycles. The minimum atomic E-state index is 0.0192. The van der Waals surface area contributed by atoms with E-state index in [1.54, 1.807) is 12.1 Å². The van der Waals surface area contributed by atoms with Crippen molar-refractivity contribution < 1.29 is 4.74 Å². The zero-order valence-corrected chi connectivity index (χ0v) is 10.9. The molecule has 4 nitrogen and oxygen atoms in total. The van der Waals surface area contributed by atoms with Gasteiger partial charge in [0, 0.05) is 36.5 Å². The first-order chi connectivity index (χ1) is 8.06. The highest BCUT2D eigenvalue weighted by atomic mass is 35.5. The molecule has 0 aliphatic carbocycles. The van der Waals surface area contributed by atoms with Gasteiger partial charge in [0.15, 0.2) is 0 Å². The average molecular weight is 256 g/mol. The SMILES string of the molecule is CCOCCN(C)c1ccc(Cl)cc1C(=N)N. The maximum Gasteiger partial charge on any atom is 0.124 e. The molecule has 0 unspecified atom stereocenters. The minimum Gasteiger partial charge on any atom is -0.384 e. The van der Waals surface area contributed by atoms with Gasteiger partial charge in [-0.3, -0.25) is 5.41 Å². The number of nitrogens with one attached hydrogen (secondary N) is 1. The van der Waals surface area contributed by atoms with E-state index in [4.69, 9.17) is 27.5 Å². The Hall–Kier alpha value is -1.26. The molecule has 1 aromatic carbocycles. The maximum atomic E-state index is 7.54. The summed E-state index contributed by atoms with van der Waals surface area (Å²) in [4.78, 5) is 2.00. The van der Waals surface area contributed by atoms with Gasteiger partial charge in [-0.15, -0.1) is 0 Å². The van der Waals surface area contributed by atoms with Crippen LogP contribution in [0.4, 0.5) is 5.69 Å². The van der Waals surface area contributed by atoms with Crippen LogP contribution in [-0.4, -0.2) is 32.6 Å². The van der Waals surface area contributed by atoms with Crippen LogP contribution in [0.3, 0.4) is 0 Å². The lowest BCUT2D eigenvalue weighted by Crippen LogP contribution is -2.26. The lowest BCUT2D eigenvalue weighted by Gasteiger charge is -2.22. The quantitative estimate of drug-likeness (QED) is 0.465. The number of nitrogen functional groups attached to an aromatic ring is 1. The standard InChI is InChI=1S/C12H18ClN3O/c1-3-17-7-6-16(2)11-5-4-9(13)8-10(11)12(14)15/h4-5,8H,3,6-7H2,1-2H3,(H3,14,15). The van der Waals surface area contributed by atoms with Crippen molar-refractivity contribution in [3.63, 3.8) is 0 Å². The monoisotopic (exact) mass is 255 g/mol. The average Bonchev–Trinajstić information content (AvgIpc) is 2.29. The van der Waals surface area contributed by atoms with Crippen molar-refractivity contribution in [1.29, 1.82) is 5.41 Å². The van der Waals surface area contributed by atoms with Crippen LogP contribution in [0.2, 0.25) is 5.02 Å². The fraction of sp³-hybridized carbons (Fsp3) is 0.417. The highest BCUT2D eigenvalue weighted by molar-refractivity contribution is 6.31. The normalized spacial score (nSPS) is 10.3. The molecule has 0 saturated carbocycles. The molecular weight excluding hydrogens is 238 g/mol. The lowest BCUT2D eigenvalue weighted by atomic mass is 10.1. The molecule has 0 spiro atoms. The summed E-state index contributed by atoms with van der Waals surface area (Å²) in [6, 6.07) is 5.36. The molecule has 17 heavy (non-hydrogen) atoms. The van der Waals surface area contributed by atoms with Crippen LogP contribution >= 0.6 is 11.6 Å². The van der Waals surface area contributed by atoms with Crippen LogP contribution in [-0.2, 0) is 4.74 Å². The summed E-state index contributed by atoms with van der Waals surface area (Å²) < 4.78 is 5.30. The van der Waals surface area contributed by atoms with Crippen molar-refractivity contribution in [3.05, 3.63) is 28.8 Å². The number of benzene rings is 1. The molecule has 0 atom stereocenters. The van der Waals surface area contributed by atoms with E-state index < -0.39 is 0 Å². The zero-order valence-electron chi connectivity index (χ0n) is 10.2. The van der Waals surface area contributed by atoms with Crippen LogP contribution in [0.5, 0.6) is 0 Å². The van der Waals surface area contributed by atoms with E-state index >= 15 is 0 Å². The van der Waals surface area contributed by atoms with Crippen molar-refractivity contribution in [2.45, 2.75) is 6.92 Å². The smallest absolute Gasteiger partial charge is 0.124 e. The third-order valence-corrected chi connectivity index (χ3v) is 2.67. The minimum absolute atomic E-state index is 0.0192. The highest BCUT2D eigenvalue weighted by Crippen LogP contribution is 2.23. The predicted octanol–water partition coefficient (Wildman–Crippen LogP) is 2.10. The van der Waals surface area contributed by atoms with Gasteiger partial charge in [-0.2, -0.15) is 0 Å². The molecule has 1 aromatic rings. The van der Waals surface area contributed by atoms with Crippen molar-refractivity contribution >= 4 is 23.1 Å². The lowest BCUT2D eigenvalue weighted by molar-refractivity contribution is 0.154. The Morgan fingerprint density at radius 1 is 1.53 bits per heavy atom. The topological polar surface area (TPSA) is 62.3 Å². The van der Waals surface area contributed by atoms with Gasteiger partial charge in [-0.05, 0) is 25.1 Å². The fourth-order valence-electron chi connectivity index (χ4n) is 1.52. The Balaban J connectivity index is 2.84. The molecule has 0 fully saturated rings. The van der Waals surface area contributed by atoms with Crippen molar-refractivity contribution in [1.82, 2.24) is 0 Å². The number of hydrogen-bond acceptors (Lipinski definition) is 3. The highest BCUT2D eigenvalue weighted by Gasteiger charge is 2.10. The van der Waals surface area contributed by atoms with Crippen molar-refractivity contribution in [3.8, 4) is 0 Å². The van der Waals surface area contributed by atoms with E-state index in [1.165, 1.54) is 0 Å². The second-order valence-corrected chi connectivity index (χ2v) is 4.13. The molecule has 94 valence electrons. The van der Waals surface area contributed by atoms with Gasteiger partial charge >= 0.3 is 0 Å². The molecule has 5 heteroatoms. The van der Waals surface area contributed by atoms with E-state index in [9.17, 15) is 0 Å². The van der Waals surface area contributed by atoms with Crippen molar-refractivity contribution in [2.24, 2.45) is 5.73 Å². The molecule has 0 bridgehead atoms. The molecule has 0 radical (unpaired) electrons. The number of nitrogens with two attached hydrogens (primary N) is 1. The number of amidine groups is 1.